The molecular weight excluding hydrogens is 178 g/mol. The summed E-state index contributed by atoms with van der Waals surface area (Å²) in [5, 5.41) is 11.4. The summed E-state index contributed by atoms with van der Waals surface area (Å²) >= 11 is 0. The first-order valence-electron chi connectivity index (χ1n) is 4.38. The van der Waals surface area contributed by atoms with E-state index in [4.69, 9.17) is 9.94 Å². The van der Waals surface area contributed by atoms with E-state index in [0.717, 1.165) is 12.0 Å². The van der Waals surface area contributed by atoms with Crippen LogP contribution in [-0.4, -0.2) is 18.0 Å². The van der Waals surface area contributed by atoms with E-state index in [1.807, 2.05) is 24.3 Å². The van der Waals surface area contributed by atoms with Gasteiger partial charge in [0.15, 0.2) is 0 Å². The highest BCUT2D eigenvalue weighted by Gasteiger charge is 1.98. The van der Waals surface area contributed by atoms with E-state index in [1.54, 1.807) is 6.08 Å². The zero-order valence-electron chi connectivity index (χ0n) is 7.89. The summed E-state index contributed by atoms with van der Waals surface area (Å²) < 4.78 is 5.46. The first-order valence-corrected chi connectivity index (χ1v) is 4.38. The van der Waals surface area contributed by atoms with Crippen molar-refractivity contribution in [2.75, 3.05) is 6.61 Å². The highest BCUT2D eigenvalue weighted by Crippen LogP contribution is 2.15. The van der Waals surface area contributed by atoms with E-state index in [-0.39, 0.29) is 0 Å². The predicted molar refractivity (Wildman–Crippen MR) is 56.1 cm³/mol. The van der Waals surface area contributed by atoms with E-state index in [9.17, 15) is 0 Å². The highest BCUT2D eigenvalue weighted by molar-refractivity contribution is 5.82. The minimum absolute atomic E-state index is 0.583. The Hall–Kier alpha value is -1.77. The summed E-state index contributed by atoms with van der Waals surface area (Å²) in [6.45, 7) is 4.19. The molecule has 0 aliphatic heterocycles. The lowest BCUT2D eigenvalue weighted by Crippen LogP contribution is -1.98. The van der Waals surface area contributed by atoms with Gasteiger partial charge in [0.2, 0.25) is 0 Å². The van der Waals surface area contributed by atoms with E-state index >= 15 is 0 Å². The van der Waals surface area contributed by atoms with Gasteiger partial charge in [-0.2, -0.15) is 0 Å². The van der Waals surface area contributed by atoms with Crippen LogP contribution in [0, 0.1) is 0 Å². The van der Waals surface area contributed by atoms with Gasteiger partial charge in [-0.3, -0.25) is 0 Å². The quantitative estimate of drug-likeness (QED) is 0.255. The van der Waals surface area contributed by atoms with Crippen LogP contribution in [0.4, 0.5) is 0 Å². The Morgan fingerprint density at radius 1 is 1.43 bits per heavy atom. The van der Waals surface area contributed by atoms with Gasteiger partial charge in [-0.1, -0.05) is 23.4 Å². The maximum absolute atomic E-state index is 8.41. The number of nitrogens with zero attached hydrogens (tertiary/aromatic N) is 1. The Morgan fingerprint density at radius 2 is 2.21 bits per heavy atom. The monoisotopic (exact) mass is 191 g/mol. The molecule has 1 N–H and O–H groups in total. The van der Waals surface area contributed by atoms with Crippen LogP contribution in [0.15, 0.2) is 42.1 Å². The third-order valence-corrected chi connectivity index (χ3v) is 1.70. The molecule has 0 aliphatic carbocycles. The Labute approximate surface area is 83.3 Å². The van der Waals surface area contributed by atoms with Crippen molar-refractivity contribution in [2.24, 2.45) is 5.16 Å². The van der Waals surface area contributed by atoms with Gasteiger partial charge in [-0.05, 0) is 18.6 Å². The van der Waals surface area contributed by atoms with Crippen molar-refractivity contribution in [3.8, 4) is 5.75 Å². The van der Waals surface area contributed by atoms with Crippen LogP contribution >= 0.6 is 0 Å². The molecule has 0 bridgehead atoms. The number of rotatable bonds is 5. The minimum atomic E-state index is 0.583. The molecule has 1 aromatic rings. The molecule has 0 unspecified atom stereocenters. The first kappa shape index (κ1) is 10.3. The molecule has 0 saturated carbocycles. The fourth-order valence-corrected chi connectivity index (χ4v) is 1.03. The number of ether oxygens (including phenoxy) is 1. The minimum Gasteiger partial charge on any atom is -0.493 e. The molecule has 74 valence electrons. The van der Waals surface area contributed by atoms with Crippen molar-refractivity contribution in [3.63, 3.8) is 0 Å². The standard InChI is InChI=1S/C11H13NO2/c1-2-3-8-14-11-7-5-4-6-10(11)9-12-13/h2,4-7,9,13H,1,3,8H2/b12-9+. The molecule has 14 heavy (non-hydrogen) atoms. The van der Waals surface area contributed by atoms with Gasteiger partial charge in [0.25, 0.3) is 0 Å². The summed E-state index contributed by atoms with van der Waals surface area (Å²) in [5.74, 6) is 0.715. The van der Waals surface area contributed by atoms with Gasteiger partial charge in [-0.25, -0.2) is 0 Å². The number of benzene rings is 1. The van der Waals surface area contributed by atoms with Gasteiger partial charge in [0.05, 0.1) is 12.8 Å². The van der Waals surface area contributed by atoms with Crippen molar-refractivity contribution < 1.29 is 9.94 Å². The molecule has 1 rings (SSSR count). The van der Waals surface area contributed by atoms with E-state index < -0.39 is 0 Å². The fraction of sp³-hybridized carbons (Fsp3) is 0.182. The van der Waals surface area contributed by atoms with Gasteiger partial charge in [-0.15, -0.1) is 6.58 Å². The van der Waals surface area contributed by atoms with Gasteiger partial charge in [0.1, 0.15) is 5.75 Å². The van der Waals surface area contributed by atoms with Crippen LogP contribution < -0.4 is 4.74 Å². The Balaban J connectivity index is 2.68. The van der Waals surface area contributed by atoms with Gasteiger partial charge in [0, 0.05) is 5.56 Å². The van der Waals surface area contributed by atoms with Crippen LogP contribution in [0.2, 0.25) is 0 Å². The summed E-state index contributed by atoms with van der Waals surface area (Å²) in [6, 6.07) is 7.39. The van der Waals surface area contributed by atoms with Crippen molar-refractivity contribution in [2.45, 2.75) is 6.42 Å². The van der Waals surface area contributed by atoms with E-state index in [0.29, 0.717) is 12.4 Å². The zero-order valence-corrected chi connectivity index (χ0v) is 7.89. The zero-order chi connectivity index (χ0) is 10.2. The van der Waals surface area contributed by atoms with E-state index in [1.165, 1.54) is 6.21 Å². The maximum atomic E-state index is 8.41. The van der Waals surface area contributed by atoms with Crippen LogP contribution in [0.1, 0.15) is 12.0 Å². The SMILES string of the molecule is C=CCCOc1ccccc1/C=N/O. The Bertz CT molecular complexity index is 321. The van der Waals surface area contributed by atoms with Crippen molar-refractivity contribution in [1.82, 2.24) is 0 Å². The lowest BCUT2D eigenvalue weighted by Gasteiger charge is -2.06. The van der Waals surface area contributed by atoms with Crippen molar-refractivity contribution >= 4 is 6.21 Å². The number of hydrogen-bond donors (Lipinski definition) is 1. The average molecular weight is 191 g/mol. The second-order valence-corrected chi connectivity index (χ2v) is 2.71. The molecule has 0 atom stereocenters. The average Bonchev–Trinajstić information content (AvgIpc) is 2.21. The normalized spacial score (nSPS) is 10.3. The number of para-hydroxylation sites is 1. The van der Waals surface area contributed by atoms with Crippen molar-refractivity contribution in [1.29, 1.82) is 0 Å². The molecule has 3 heteroatoms. The Kier molecular flexibility index (Phi) is 4.27. The Morgan fingerprint density at radius 3 is 2.93 bits per heavy atom. The lowest BCUT2D eigenvalue weighted by molar-refractivity contribution is 0.317. The molecule has 0 fully saturated rings. The van der Waals surface area contributed by atoms with Crippen LogP contribution in [-0.2, 0) is 0 Å². The summed E-state index contributed by atoms with van der Waals surface area (Å²) in [5.41, 5.74) is 0.763. The molecule has 0 spiro atoms. The molecule has 0 saturated heterocycles. The maximum Gasteiger partial charge on any atom is 0.128 e. The number of hydrogen-bond acceptors (Lipinski definition) is 3. The number of oxime groups is 1. The van der Waals surface area contributed by atoms with Gasteiger partial charge >= 0.3 is 0 Å². The molecule has 0 heterocycles. The van der Waals surface area contributed by atoms with Gasteiger partial charge < -0.3 is 9.94 Å². The lowest BCUT2D eigenvalue weighted by atomic mass is 10.2. The topological polar surface area (TPSA) is 41.8 Å². The van der Waals surface area contributed by atoms with Crippen LogP contribution in [0.3, 0.4) is 0 Å². The molecular formula is C11H13NO2. The third kappa shape index (κ3) is 2.94. The molecule has 1 aromatic carbocycles. The first-order chi connectivity index (χ1) is 6.88. The summed E-state index contributed by atoms with van der Waals surface area (Å²) in [6.07, 6.45) is 3.94. The third-order valence-electron chi connectivity index (χ3n) is 1.70. The fourth-order valence-electron chi connectivity index (χ4n) is 1.03. The predicted octanol–water partition coefficient (Wildman–Crippen LogP) is 2.45. The molecule has 3 nitrogen and oxygen atoms in total. The molecule has 0 radical (unpaired) electrons. The molecule has 0 aliphatic rings. The van der Waals surface area contributed by atoms with Crippen LogP contribution in [0.5, 0.6) is 5.75 Å². The second kappa shape index (κ2) is 5.80. The largest absolute Gasteiger partial charge is 0.493 e. The molecule has 0 amide bonds. The summed E-state index contributed by atoms with van der Waals surface area (Å²) in [4.78, 5) is 0. The van der Waals surface area contributed by atoms with E-state index in [2.05, 4.69) is 11.7 Å². The highest BCUT2D eigenvalue weighted by atomic mass is 16.5. The van der Waals surface area contributed by atoms with Crippen LogP contribution in [0.25, 0.3) is 0 Å². The van der Waals surface area contributed by atoms with Crippen molar-refractivity contribution in [3.05, 3.63) is 42.5 Å². The molecule has 0 aromatic heterocycles. The smallest absolute Gasteiger partial charge is 0.128 e. The summed E-state index contributed by atoms with van der Waals surface area (Å²) in [7, 11) is 0. The second-order valence-electron chi connectivity index (χ2n) is 2.71.